The minimum absolute atomic E-state index is 0.437. The fraction of sp³-hybridized carbons (Fsp3) is 0.167. The second-order valence-electron chi connectivity index (χ2n) is 3.60. The number of nitriles is 1. The zero-order chi connectivity index (χ0) is 12.3. The van der Waals surface area contributed by atoms with Crippen LogP contribution in [-0.2, 0) is 6.54 Å². The Labute approximate surface area is 98.9 Å². The van der Waals surface area contributed by atoms with E-state index in [0.29, 0.717) is 29.4 Å². The van der Waals surface area contributed by atoms with E-state index in [4.69, 9.17) is 15.4 Å². The van der Waals surface area contributed by atoms with E-state index >= 15 is 0 Å². The lowest BCUT2D eigenvalue weighted by Gasteiger charge is -2.08. The fourth-order valence-electron chi connectivity index (χ4n) is 1.47. The van der Waals surface area contributed by atoms with Crippen molar-refractivity contribution in [2.24, 2.45) is 0 Å². The maximum Gasteiger partial charge on any atom is 0.213 e. The van der Waals surface area contributed by atoms with Crippen molar-refractivity contribution >= 4 is 11.4 Å². The smallest absolute Gasteiger partial charge is 0.213 e. The van der Waals surface area contributed by atoms with E-state index < -0.39 is 0 Å². The minimum Gasteiger partial charge on any atom is -0.444 e. The number of rotatable bonds is 3. The van der Waals surface area contributed by atoms with E-state index in [1.54, 1.807) is 18.3 Å². The van der Waals surface area contributed by atoms with Gasteiger partial charge < -0.3 is 15.5 Å². The maximum atomic E-state index is 8.84. The SMILES string of the molecule is Cc1cnc(CNc2cccc(C#N)c2N)o1. The molecule has 1 heterocycles. The molecule has 0 aliphatic heterocycles. The van der Waals surface area contributed by atoms with Gasteiger partial charge in [-0.05, 0) is 19.1 Å². The summed E-state index contributed by atoms with van der Waals surface area (Å²) in [6, 6.07) is 7.30. The van der Waals surface area contributed by atoms with Gasteiger partial charge in [0.05, 0.1) is 29.7 Å². The number of nitrogens with zero attached hydrogens (tertiary/aromatic N) is 2. The lowest BCUT2D eigenvalue weighted by Crippen LogP contribution is -2.03. The third-order valence-corrected chi connectivity index (χ3v) is 2.33. The Bertz CT molecular complexity index is 568. The van der Waals surface area contributed by atoms with Crippen LogP contribution in [0.1, 0.15) is 17.2 Å². The number of hydrogen-bond donors (Lipinski definition) is 2. The molecule has 0 aliphatic carbocycles. The van der Waals surface area contributed by atoms with Gasteiger partial charge in [0.1, 0.15) is 11.8 Å². The van der Waals surface area contributed by atoms with Crippen LogP contribution in [0, 0.1) is 18.3 Å². The normalized spacial score (nSPS) is 9.88. The van der Waals surface area contributed by atoms with Crippen molar-refractivity contribution in [3.8, 4) is 6.07 Å². The number of benzene rings is 1. The first kappa shape index (κ1) is 11.0. The Morgan fingerprint density at radius 3 is 3.00 bits per heavy atom. The molecule has 0 fully saturated rings. The van der Waals surface area contributed by atoms with Crippen molar-refractivity contribution in [3.05, 3.63) is 41.6 Å². The van der Waals surface area contributed by atoms with Gasteiger partial charge in [0.15, 0.2) is 0 Å². The Morgan fingerprint density at radius 1 is 1.53 bits per heavy atom. The molecule has 17 heavy (non-hydrogen) atoms. The molecule has 1 aromatic carbocycles. The van der Waals surface area contributed by atoms with Gasteiger partial charge in [0.2, 0.25) is 5.89 Å². The summed E-state index contributed by atoms with van der Waals surface area (Å²) in [4.78, 5) is 4.07. The van der Waals surface area contributed by atoms with Gasteiger partial charge in [0.25, 0.3) is 0 Å². The Hall–Kier alpha value is -2.48. The maximum absolute atomic E-state index is 8.84. The van der Waals surface area contributed by atoms with E-state index in [0.717, 1.165) is 5.76 Å². The molecule has 3 N–H and O–H groups in total. The second-order valence-corrected chi connectivity index (χ2v) is 3.60. The Balaban J connectivity index is 2.12. The summed E-state index contributed by atoms with van der Waals surface area (Å²) in [5.74, 6) is 1.35. The van der Waals surface area contributed by atoms with Crippen LogP contribution in [0.4, 0.5) is 11.4 Å². The molecule has 0 radical (unpaired) electrons. The van der Waals surface area contributed by atoms with Crippen LogP contribution in [0.2, 0.25) is 0 Å². The molecular formula is C12H12N4O. The molecule has 5 heteroatoms. The average Bonchev–Trinajstić information content (AvgIpc) is 2.74. The summed E-state index contributed by atoms with van der Waals surface area (Å²) < 4.78 is 5.32. The van der Waals surface area contributed by atoms with E-state index in [1.807, 2.05) is 19.1 Å². The molecule has 0 spiro atoms. The van der Waals surface area contributed by atoms with Gasteiger partial charge in [-0.2, -0.15) is 5.26 Å². The zero-order valence-corrected chi connectivity index (χ0v) is 9.40. The van der Waals surface area contributed by atoms with Crippen molar-refractivity contribution in [1.29, 1.82) is 5.26 Å². The number of hydrogen-bond acceptors (Lipinski definition) is 5. The Morgan fingerprint density at radius 2 is 2.35 bits per heavy atom. The summed E-state index contributed by atoms with van der Waals surface area (Å²) in [5, 5.41) is 11.9. The summed E-state index contributed by atoms with van der Waals surface area (Å²) in [5.41, 5.74) is 7.44. The molecule has 5 nitrogen and oxygen atoms in total. The van der Waals surface area contributed by atoms with Gasteiger partial charge in [-0.3, -0.25) is 0 Å². The first-order valence-electron chi connectivity index (χ1n) is 5.14. The molecule has 1 aromatic heterocycles. The first-order chi connectivity index (χ1) is 8.20. The summed E-state index contributed by atoms with van der Waals surface area (Å²) in [7, 11) is 0. The number of nitrogen functional groups attached to an aromatic ring is 1. The molecule has 0 amide bonds. The quantitative estimate of drug-likeness (QED) is 0.785. The largest absolute Gasteiger partial charge is 0.444 e. The van der Waals surface area contributed by atoms with Crippen LogP contribution in [-0.4, -0.2) is 4.98 Å². The number of nitrogens with two attached hydrogens (primary N) is 1. The highest BCUT2D eigenvalue weighted by atomic mass is 16.4. The van der Waals surface area contributed by atoms with Crippen molar-refractivity contribution < 1.29 is 4.42 Å². The lowest BCUT2D eigenvalue weighted by molar-refractivity contribution is 0.479. The predicted octanol–water partition coefficient (Wildman–Crippen LogP) is 2.05. The van der Waals surface area contributed by atoms with Crippen LogP contribution < -0.4 is 11.1 Å². The molecule has 2 aromatic rings. The highest BCUT2D eigenvalue weighted by Gasteiger charge is 2.05. The summed E-state index contributed by atoms with van der Waals surface area (Å²) >= 11 is 0. The van der Waals surface area contributed by atoms with E-state index in [-0.39, 0.29) is 0 Å². The van der Waals surface area contributed by atoms with Crippen LogP contribution in [0.5, 0.6) is 0 Å². The second kappa shape index (κ2) is 4.58. The molecule has 0 aliphatic rings. The number of aromatic nitrogens is 1. The lowest BCUT2D eigenvalue weighted by atomic mass is 10.1. The number of anilines is 2. The average molecular weight is 228 g/mol. The zero-order valence-electron chi connectivity index (χ0n) is 9.40. The van der Waals surface area contributed by atoms with Gasteiger partial charge in [-0.25, -0.2) is 4.98 Å². The topological polar surface area (TPSA) is 87.9 Å². The van der Waals surface area contributed by atoms with Crippen LogP contribution >= 0.6 is 0 Å². The van der Waals surface area contributed by atoms with Crippen molar-refractivity contribution in [2.75, 3.05) is 11.1 Å². The molecule has 0 atom stereocenters. The van der Waals surface area contributed by atoms with Crippen molar-refractivity contribution in [1.82, 2.24) is 4.98 Å². The van der Waals surface area contributed by atoms with Crippen LogP contribution in [0.25, 0.3) is 0 Å². The molecular weight excluding hydrogens is 216 g/mol. The highest BCUT2D eigenvalue weighted by Crippen LogP contribution is 2.22. The van der Waals surface area contributed by atoms with Gasteiger partial charge in [-0.15, -0.1) is 0 Å². The van der Waals surface area contributed by atoms with E-state index in [1.165, 1.54) is 0 Å². The molecule has 86 valence electrons. The minimum atomic E-state index is 0.437. The van der Waals surface area contributed by atoms with E-state index in [9.17, 15) is 0 Å². The Kier molecular flexibility index (Phi) is 2.97. The van der Waals surface area contributed by atoms with Crippen LogP contribution in [0.3, 0.4) is 0 Å². The number of oxazole rings is 1. The molecule has 0 saturated carbocycles. The highest BCUT2D eigenvalue weighted by molar-refractivity contribution is 5.72. The molecule has 0 saturated heterocycles. The van der Waals surface area contributed by atoms with Gasteiger partial charge in [-0.1, -0.05) is 6.07 Å². The number of aryl methyl sites for hydroxylation is 1. The third-order valence-electron chi connectivity index (χ3n) is 2.33. The standard InChI is InChI=1S/C12H12N4O/c1-8-6-16-11(17-8)7-15-10-4-2-3-9(5-13)12(10)14/h2-4,6,15H,7,14H2,1H3. The van der Waals surface area contributed by atoms with Gasteiger partial charge >= 0.3 is 0 Å². The third kappa shape index (κ3) is 2.37. The number of para-hydroxylation sites is 1. The number of nitrogens with one attached hydrogen (secondary N) is 1. The fourth-order valence-corrected chi connectivity index (χ4v) is 1.47. The summed E-state index contributed by atoms with van der Waals surface area (Å²) in [6.07, 6.45) is 1.66. The molecule has 0 bridgehead atoms. The molecule has 2 rings (SSSR count). The van der Waals surface area contributed by atoms with Crippen LogP contribution in [0.15, 0.2) is 28.8 Å². The van der Waals surface area contributed by atoms with E-state index in [2.05, 4.69) is 10.3 Å². The summed E-state index contributed by atoms with van der Waals surface area (Å²) in [6.45, 7) is 2.27. The van der Waals surface area contributed by atoms with Gasteiger partial charge in [0, 0.05) is 0 Å². The predicted molar refractivity (Wildman–Crippen MR) is 64.1 cm³/mol. The van der Waals surface area contributed by atoms with Crippen molar-refractivity contribution in [2.45, 2.75) is 13.5 Å². The monoisotopic (exact) mass is 228 g/mol. The first-order valence-corrected chi connectivity index (χ1v) is 5.14. The van der Waals surface area contributed by atoms with Crippen molar-refractivity contribution in [3.63, 3.8) is 0 Å². The molecule has 0 unspecified atom stereocenters.